The average molecular weight is 779 g/mol. The molecule has 0 aromatic carbocycles. The van der Waals surface area contributed by atoms with Crippen LogP contribution in [0.5, 0.6) is 0 Å². The van der Waals surface area contributed by atoms with Gasteiger partial charge in [-0.2, -0.15) is 0 Å². The van der Waals surface area contributed by atoms with E-state index in [4.69, 9.17) is 23.7 Å². The van der Waals surface area contributed by atoms with Gasteiger partial charge in [0, 0.05) is 44.9 Å². The van der Waals surface area contributed by atoms with Crippen LogP contribution < -0.4 is 0 Å². The third kappa shape index (κ3) is 11.6. The largest absolute Gasteiger partial charge is 0.459 e. The van der Waals surface area contributed by atoms with Gasteiger partial charge in [0.25, 0.3) is 0 Å². The lowest BCUT2D eigenvalue weighted by molar-refractivity contribution is -0.327. The molecule has 1 saturated heterocycles. The monoisotopic (exact) mass is 778 g/mol. The molecule has 4 N–H and O–H groups in total. The average Bonchev–Trinajstić information content (AvgIpc) is 3.07. The van der Waals surface area contributed by atoms with Crippen molar-refractivity contribution in [1.82, 2.24) is 0 Å². The molecule has 0 aromatic heterocycles. The highest BCUT2D eigenvalue weighted by Crippen LogP contribution is 2.52. The number of carbonyl (C=O) groups excluding carboxylic acids is 4. The Balaban J connectivity index is 1.82. The van der Waals surface area contributed by atoms with Crippen molar-refractivity contribution in [3.8, 4) is 0 Å². The normalized spacial score (nSPS) is 33.6. The topological polar surface area (TPSA) is 195 Å². The number of hydrogen-bond acceptors (Lipinski definition) is 13. The molecule has 2 aliphatic carbocycles. The van der Waals surface area contributed by atoms with E-state index in [9.17, 15) is 39.6 Å². The highest BCUT2D eigenvalue weighted by molar-refractivity contribution is 5.87. The van der Waals surface area contributed by atoms with Crippen molar-refractivity contribution in [2.75, 3.05) is 6.61 Å². The Bertz CT molecular complexity index is 1470. The van der Waals surface area contributed by atoms with Crippen molar-refractivity contribution in [3.63, 3.8) is 0 Å². The van der Waals surface area contributed by atoms with Gasteiger partial charge in [0.1, 0.15) is 48.0 Å². The van der Waals surface area contributed by atoms with Gasteiger partial charge in [-0.1, -0.05) is 51.0 Å². The molecule has 2 fully saturated rings. The minimum Gasteiger partial charge on any atom is -0.459 e. The SMILES string of the molecule is CC(=O)OC(C=C(C)C(CC1C(C)=CCC(=O)C1(C)C)OC(C)=O)CC=C(C)CCC1C(C)(OC(C)=O)CCC(OC2OC(CO)C(O)C(O)C2O)C1(C)C. The van der Waals surface area contributed by atoms with Gasteiger partial charge in [-0.25, -0.2) is 0 Å². The van der Waals surface area contributed by atoms with Gasteiger partial charge in [0.2, 0.25) is 0 Å². The predicted molar refractivity (Wildman–Crippen MR) is 203 cm³/mol. The molecule has 0 radical (unpaired) electrons. The van der Waals surface area contributed by atoms with E-state index < -0.39 is 90.0 Å². The summed E-state index contributed by atoms with van der Waals surface area (Å²) < 4.78 is 29.4. The summed E-state index contributed by atoms with van der Waals surface area (Å²) in [5.41, 5.74) is 0.668. The molecule has 11 atom stereocenters. The minimum atomic E-state index is -1.57. The van der Waals surface area contributed by atoms with E-state index in [-0.39, 0.29) is 17.6 Å². The summed E-state index contributed by atoms with van der Waals surface area (Å²) in [4.78, 5) is 49.6. The zero-order valence-corrected chi connectivity index (χ0v) is 34.6. The van der Waals surface area contributed by atoms with Crippen molar-refractivity contribution in [2.45, 2.75) is 176 Å². The molecule has 0 aromatic rings. The van der Waals surface area contributed by atoms with E-state index in [1.165, 1.54) is 20.8 Å². The zero-order valence-electron chi connectivity index (χ0n) is 34.6. The van der Waals surface area contributed by atoms with Crippen LogP contribution in [0.3, 0.4) is 0 Å². The van der Waals surface area contributed by atoms with Crippen LogP contribution in [0.15, 0.2) is 34.9 Å². The Morgan fingerprint density at radius 1 is 0.945 bits per heavy atom. The lowest BCUT2D eigenvalue weighted by Gasteiger charge is -2.54. The van der Waals surface area contributed by atoms with Crippen LogP contribution in [0.2, 0.25) is 0 Å². The molecule has 0 spiro atoms. The molecular formula is C42H66O13. The highest BCUT2D eigenvalue weighted by atomic mass is 16.7. The van der Waals surface area contributed by atoms with Crippen molar-refractivity contribution < 1.29 is 63.3 Å². The third-order valence-corrected chi connectivity index (χ3v) is 12.2. The molecule has 1 aliphatic heterocycles. The lowest BCUT2D eigenvalue weighted by Crippen LogP contribution is -2.62. The first-order chi connectivity index (χ1) is 25.4. The number of aliphatic hydroxyl groups is 4. The number of allylic oxidation sites excluding steroid dienone is 3. The molecule has 13 nitrogen and oxygen atoms in total. The van der Waals surface area contributed by atoms with E-state index in [1.54, 1.807) is 6.08 Å². The van der Waals surface area contributed by atoms with E-state index in [0.717, 1.165) is 11.1 Å². The Kier molecular flexibility index (Phi) is 16.0. The summed E-state index contributed by atoms with van der Waals surface area (Å²) in [5.74, 6) is -1.57. The van der Waals surface area contributed by atoms with Gasteiger partial charge in [-0.15, -0.1) is 0 Å². The Morgan fingerprint density at radius 3 is 2.16 bits per heavy atom. The number of rotatable bonds is 15. The maximum atomic E-state index is 12.8. The quantitative estimate of drug-likeness (QED) is 0.101. The first kappa shape index (κ1) is 46.4. The lowest BCUT2D eigenvalue weighted by atomic mass is 9.58. The predicted octanol–water partition coefficient (Wildman–Crippen LogP) is 4.81. The number of hydrogen-bond donors (Lipinski definition) is 4. The Morgan fingerprint density at radius 2 is 1.58 bits per heavy atom. The van der Waals surface area contributed by atoms with Crippen molar-refractivity contribution >= 4 is 23.7 Å². The van der Waals surface area contributed by atoms with Crippen LogP contribution in [0, 0.1) is 22.7 Å². The zero-order chi connectivity index (χ0) is 41.6. The smallest absolute Gasteiger partial charge is 0.303 e. The van der Waals surface area contributed by atoms with Gasteiger partial charge in [-0.05, 0) is 82.8 Å². The van der Waals surface area contributed by atoms with Gasteiger partial charge < -0.3 is 44.1 Å². The second-order valence-electron chi connectivity index (χ2n) is 17.2. The van der Waals surface area contributed by atoms with Crippen LogP contribution in [-0.4, -0.2) is 105 Å². The second kappa shape index (κ2) is 19.0. The van der Waals surface area contributed by atoms with Gasteiger partial charge in [0.15, 0.2) is 6.29 Å². The van der Waals surface area contributed by atoms with Gasteiger partial charge >= 0.3 is 17.9 Å². The third-order valence-electron chi connectivity index (χ3n) is 12.2. The van der Waals surface area contributed by atoms with E-state index in [1.807, 2.05) is 67.5 Å². The van der Waals surface area contributed by atoms with Gasteiger partial charge in [0.05, 0.1) is 12.7 Å². The second-order valence-corrected chi connectivity index (χ2v) is 17.2. The number of ether oxygens (including phenoxy) is 5. The number of aliphatic hydroxyl groups excluding tert-OH is 4. The molecule has 0 amide bonds. The van der Waals surface area contributed by atoms with Crippen LogP contribution in [0.1, 0.15) is 121 Å². The van der Waals surface area contributed by atoms with E-state index in [2.05, 4.69) is 0 Å². The van der Waals surface area contributed by atoms with Crippen LogP contribution >= 0.6 is 0 Å². The van der Waals surface area contributed by atoms with Crippen molar-refractivity contribution in [3.05, 3.63) is 34.9 Å². The number of carbonyl (C=O) groups is 4. The van der Waals surface area contributed by atoms with Crippen LogP contribution in [-0.2, 0) is 42.9 Å². The molecule has 312 valence electrons. The molecule has 3 rings (SSSR count). The molecule has 3 aliphatic rings. The maximum absolute atomic E-state index is 12.8. The summed E-state index contributed by atoms with van der Waals surface area (Å²) >= 11 is 0. The minimum absolute atomic E-state index is 0.131. The van der Waals surface area contributed by atoms with Crippen LogP contribution in [0.25, 0.3) is 0 Å². The number of Topliss-reactive ketones (excluding diaryl/α,β-unsaturated/α-hetero) is 1. The molecular weight excluding hydrogens is 712 g/mol. The number of ketones is 1. The van der Waals surface area contributed by atoms with Crippen LogP contribution in [0.4, 0.5) is 0 Å². The summed E-state index contributed by atoms with van der Waals surface area (Å²) in [6, 6.07) is 0. The van der Waals surface area contributed by atoms with Crippen molar-refractivity contribution in [1.29, 1.82) is 0 Å². The highest BCUT2D eigenvalue weighted by Gasteiger charge is 2.55. The summed E-state index contributed by atoms with van der Waals surface area (Å²) in [6.07, 6.45) is 0.120. The summed E-state index contributed by atoms with van der Waals surface area (Å²) in [7, 11) is 0. The first-order valence-corrected chi connectivity index (χ1v) is 19.5. The standard InChI is InChI=1S/C42H66O13/c1-23(12-15-29(51-26(4)44)20-25(3)31(52-27(5)45)21-30-24(2)14-17-34(47)40(30,7)8)13-16-33-41(9,10)35(18-19-42(33,11)55-28(6)46)54-39-38(50)37(49)36(48)32(22-43)53-39/h12,14,20,29-33,35-39,43,48-50H,13,15-19,21-22H2,1-11H3. The van der Waals surface area contributed by atoms with Crippen molar-refractivity contribution in [2.24, 2.45) is 22.7 Å². The molecule has 13 heteroatoms. The fourth-order valence-corrected chi connectivity index (χ4v) is 8.89. The summed E-state index contributed by atoms with van der Waals surface area (Å²) in [5, 5.41) is 41.0. The molecule has 11 unspecified atom stereocenters. The molecule has 1 heterocycles. The van der Waals surface area contributed by atoms with Gasteiger partial charge in [-0.3, -0.25) is 19.2 Å². The maximum Gasteiger partial charge on any atom is 0.303 e. The van der Waals surface area contributed by atoms with E-state index in [0.29, 0.717) is 50.5 Å². The fourth-order valence-electron chi connectivity index (χ4n) is 8.89. The molecule has 55 heavy (non-hydrogen) atoms. The first-order valence-electron chi connectivity index (χ1n) is 19.5. The Labute approximate surface area is 326 Å². The molecule has 0 bridgehead atoms. The summed E-state index contributed by atoms with van der Waals surface area (Å²) in [6.45, 7) is 19.0. The fraction of sp³-hybridized carbons (Fsp3) is 0.762. The number of esters is 3. The van der Waals surface area contributed by atoms with E-state index >= 15 is 0 Å². The molecule has 1 saturated carbocycles. The Hall–Kier alpha value is -2.94.